The molecule has 2 aromatic rings. The van der Waals surface area contributed by atoms with E-state index in [1.54, 1.807) is 28.0 Å². The molecule has 132 valence electrons. The zero-order chi connectivity index (χ0) is 18.4. The summed E-state index contributed by atoms with van der Waals surface area (Å²) in [5.74, 6) is 1.43. The van der Waals surface area contributed by atoms with Crippen LogP contribution in [0.3, 0.4) is 0 Å². The number of aryl methyl sites for hydroxylation is 2. The van der Waals surface area contributed by atoms with Crippen LogP contribution in [-0.2, 0) is 13.6 Å². The van der Waals surface area contributed by atoms with Crippen LogP contribution in [-0.4, -0.2) is 34.3 Å². The number of hydrogen-bond acceptors (Lipinski definition) is 6. The molecular weight excluding hydrogens is 375 g/mol. The van der Waals surface area contributed by atoms with Gasteiger partial charge in [-0.25, -0.2) is 15.0 Å². The largest absolute Gasteiger partial charge is 0.382 e. The molecule has 2 aromatic heterocycles. The Balaban J connectivity index is 1.84. The topological polar surface area (TPSA) is 100 Å². The first-order chi connectivity index (χ1) is 12.4. The molecule has 0 saturated heterocycles. The van der Waals surface area contributed by atoms with Crippen molar-refractivity contribution >= 4 is 29.0 Å². The molecule has 0 bridgehead atoms. The fourth-order valence-corrected chi connectivity index (χ4v) is 3.25. The Morgan fingerprint density at radius 3 is 2.54 bits per heavy atom. The van der Waals surface area contributed by atoms with Crippen LogP contribution in [0.5, 0.6) is 0 Å². The Morgan fingerprint density at radius 1 is 1.15 bits per heavy atom. The lowest BCUT2D eigenvalue weighted by atomic mass is 10.2. The third kappa shape index (κ3) is 2.77. The molecule has 0 amide bonds. The van der Waals surface area contributed by atoms with E-state index in [9.17, 15) is 0 Å². The number of rotatable bonds is 3. The quantitative estimate of drug-likeness (QED) is 0.578. The fourth-order valence-electron chi connectivity index (χ4n) is 2.76. The van der Waals surface area contributed by atoms with Gasteiger partial charge in [-0.05, 0) is 13.0 Å². The second kappa shape index (κ2) is 6.22. The van der Waals surface area contributed by atoms with Gasteiger partial charge in [-0.2, -0.15) is 5.10 Å². The molecule has 4 heterocycles. The molecular formula is C16H14Cl2N8. The predicted octanol–water partition coefficient (Wildman–Crippen LogP) is 2.82. The molecule has 4 rings (SSSR count). The van der Waals surface area contributed by atoms with Crippen molar-refractivity contribution in [2.24, 2.45) is 7.05 Å². The van der Waals surface area contributed by atoms with E-state index in [1.165, 1.54) is 0 Å². The van der Waals surface area contributed by atoms with Gasteiger partial charge in [0.15, 0.2) is 23.2 Å². The van der Waals surface area contributed by atoms with Gasteiger partial charge in [-0.15, -0.1) is 0 Å². The van der Waals surface area contributed by atoms with Gasteiger partial charge in [0.1, 0.15) is 5.69 Å². The van der Waals surface area contributed by atoms with Crippen LogP contribution in [0.4, 0.5) is 5.82 Å². The summed E-state index contributed by atoms with van der Waals surface area (Å²) in [5.41, 5.74) is 8.92. The lowest BCUT2D eigenvalue weighted by Crippen LogP contribution is -2.10. The van der Waals surface area contributed by atoms with E-state index in [2.05, 4.69) is 25.0 Å². The van der Waals surface area contributed by atoms with Gasteiger partial charge in [-0.1, -0.05) is 23.2 Å². The minimum atomic E-state index is 0.306. The summed E-state index contributed by atoms with van der Waals surface area (Å²) in [6, 6.07) is 1.92. The average molecular weight is 389 g/mol. The first-order valence-electron chi connectivity index (χ1n) is 7.71. The summed E-state index contributed by atoms with van der Waals surface area (Å²) in [6.07, 6.45) is 4.69. The first-order valence-corrected chi connectivity index (χ1v) is 8.47. The van der Waals surface area contributed by atoms with E-state index >= 15 is 0 Å². The molecule has 0 radical (unpaired) electrons. The summed E-state index contributed by atoms with van der Waals surface area (Å²) in [7, 11) is 1.84. The van der Waals surface area contributed by atoms with E-state index < -0.39 is 0 Å². The summed E-state index contributed by atoms with van der Waals surface area (Å²) in [4.78, 5) is 17.4. The minimum Gasteiger partial charge on any atom is -0.382 e. The van der Waals surface area contributed by atoms with Crippen LogP contribution in [0, 0.1) is 6.92 Å². The van der Waals surface area contributed by atoms with Crippen LogP contribution in [0.2, 0.25) is 10.0 Å². The highest BCUT2D eigenvalue weighted by atomic mass is 35.5. The maximum absolute atomic E-state index is 6.23. The van der Waals surface area contributed by atoms with Crippen molar-refractivity contribution in [3.05, 3.63) is 46.1 Å². The SMILES string of the molecule is Cc1cc(-c2nc3c(N)ncn(Cc4c(Cl)cncc4Cl)c-3n2)n(C)n1. The molecule has 10 heteroatoms. The third-order valence-electron chi connectivity index (χ3n) is 4.00. The van der Waals surface area contributed by atoms with E-state index in [-0.39, 0.29) is 0 Å². The summed E-state index contributed by atoms with van der Waals surface area (Å²) in [5, 5.41) is 5.27. The molecule has 0 atom stereocenters. The predicted molar refractivity (Wildman–Crippen MR) is 99.1 cm³/mol. The van der Waals surface area contributed by atoms with Crippen LogP contribution in [0.1, 0.15) is 11.3 Å². The molecule has 0 spiro atoms. The van der Waals surface area contributed by atoms with Crippen molar-refractivity contribution < 1.29 is 0 Å². The van der Waals surface area contributed by atoms with E-state index in [4.69, 9.17) is 28.9 Å². The number of nitrogens with zero attached hydrogens (tertiary/aromatic N) is 7. The molecule has 2 N–H and O–H groups in total. The van der Waals surface area contributed by atoms with Gasteiger partial charge >= 0.3 is 0 Å². The highest BCUT2D eigenvalue weighted by Crippen LogP contribution is 2.30. The highest BCUT2D eigenvalue weighted by Gasteiger charge is 2.22. The summed E-state index contributed by atoms with van der Waals surface area (Å²) < 4.78 is 3.53. The molecule has 0 aliphatic carbocycles. The number of nitrogens with two attached hydrogens (primary N) is 1. The van der Waals surface area contributed by atoms with E-state index in [0.29, 0.717) is 39.8 Å². The molecule has 2 aliphatic rings. The fraction of sp³-hybridized carbons (Fsp3) is 0.188. The second-order valence-corrected chi connectivity index (χ2v) is 6.67. The van der Waals surface area contributed by atoms with Crippen molar-refractivity contribution in [2.45, 2.75) is 13.5 Å². The molecule has 26 heavy (non-hydrogen) atoms. The lowest BCUT2D eigenvalue weighted by Gasteiger charge is -2.13. The maximum Gasteiger partial charge on any atom is 0.180 e. The monoisotopic (exact) mass is 388 g/mol. The number of aromatic nitrogens is 7. The molecule has 2 aliphatic heterocycles. The molecule has 0 saturated carbocycles. The van der Waals surface area contributed by atoms with Crippen LogP contribution in [0.15, 0.2) is 24.8 Å². The molecule has 0 fully saturated rings. The van der Waals surface area contributed by atoms with Gasteiger partial charge in [0, 0.05) is 25.0 Å². The molecule has 8 nitrogen and oxygen atoms in total. The Hall–Kier alpha value is -2.71. The number of nitrogen functional groups attached to an aromatic ring is 1. The number of halogens is 2. The Kier molecular flexibility index (Phi) is 4.01. The van der Waals surface area contributed by atoms with Crippen molar-refractivity contribution in [1.29, 1.82) is 0 Å². The van der Waals surface area contributed by atoms with Crippen molar-refractivity contribution in [3.8, 4) is 23.0 Å². The number of fused-ring (bicyclic) bond motifs is 1. The number of imidazole rings is 1. The maximum atomic E-state index is 6.23. The van der Waals surface area contributed by atoms with Gasteiger partial charge in [0.2, 0.25) is 0 Å². The van der Waals surface area contributed by atoms with Crippen molar-refractivity contribution in [3.63, 3.8) is 0 Å². The normalized spacial score (nSPS) is 11.4. The smallest absolute Gasteiger partial charge is 0.180 e. The Labute approximate surface area is 159 Å². The Bertz CT molecular complexity index is 1060. The lowest BCUT2D eigenvalue weighted by molar-refractivity contribution is 0.755. The molecule has 0 aromatic carbocycles. The first kappa shape index (κ1) is 16.7. The number of pyridine rings is 1. The summed E-state index contributed by atoms with van der Waals surface area (Å²) in [6.45, 7) is 2.28. The second-order valence-electron chi connectivity index (χ2n) is 5.85. The van der Waals surface area contributed by atoms with Crippen LogP contribution in [0.25, 0.3) is 23.0 Å². The summed E-state index contributed by atoms with van der Waals surface area (Å²) >= 11 is 12.5. The van der Waals surface area contributed by atoms with Gasteiger partial charge in [0.05, 0.1) is 28.6 Å². The highest BCUT2D eigenvalue weighted by molar-refractivity contribution is 6.35. The van der Waals surface area contributed by atoms with E-state index in [1.807, 2.05) is 20.0 Å². The Morgan fingerprint density at radius 2 is 1.88 bits per heavy atom. The van der Waals surface area contributed by atoms with Crippen molar-refractivity contribution in [2.75, 3.05) is 5.73 Å². The van der Waals surface area contributed by atoms with E-state index in [0.717, 1.165) is 17.0 Å². The van der Waals surface area contributed by atoms with Gasteiger partial charge in [-0.3, -0.25) is 9.67 Å². The third-order valence-corrected chi connectivity index (χ3v) is 4.66. The average Bonchev–Trinajstić information content (AvgIpc) is 3.17. The zero-order valence-electron chi connectivity index (χ0n) is 14.0. The zero-order valence-corrected chi connectivity index (χ0v) is 15.5. The van der Waals surface area contributed by atoms with Crippen LogP contribution >= 0.6 is 23.2 Å². The number of anilines is 1. The molecule has 0 unspecified atom stereocenters. The van der Waals surface area contributed by atoms with Crippen molar-refractivity contribution in [1.82, 2.24) is 34.3 Å². The minimum absolute atomic E-state index is 0.306. The number of hydrogen-bond donors (Lipinski definition) is 1. The van der Waals surface area contributed by atoms with Crippen LogP contribution < -0.4 is 5.73 Å². The van der Waals surface area contributed by atoms with Gasteiger partial charge < -0.3 is 10.3 Å². The van der Waals surface area contributed by atoms with Gasteiger partial charge in [0.25, 0.3) is 0 Å². The standard InChI is InChI=1S/C16H14Cl2N8/c1-8-3-12(25(2)24-8)15-22-13-14(19)21-7-26(16(13)23-15)6-9-10(17)4-20-5-11(9)18/h3-5,7H,6,19H2,1-2H3.